The molecule has 0 spiro atoms. The van der Waals surface area contributed by atoms with E-state index in [9.17, 15) is 8.60 Å². The Kier molecular flexibility index (Phi) is 6.79. The fourth-order valence-corrected chi connectivity index (χ4v) is 5.60. The minimum Gasteiger partial charge on any atom is -0.466 e. The predicted octanol–water partition coefficient (Wildman–Crippen LogP) is 4.37. The van der Waals surface area contributed by atoms with E-state index in [1.165, 1.54) is 23.7 Å². The first kappa shape index (κ1) is 23.8. The van der Waals surface area contributed by atoms with E-state index in [4.69, 9.17) is 4.74 Å². The molecule has 35 heavy (non-hydrogen) atoms. The Labute approximate surface area is 209 Å². The van der Waals surface area contributed by atoms with Gasteiger partial charge in [-0.05, 0) is 67.2 Å². The number of anilines is 1. The number of imidazole rings is 1. The van der Waals surface area contributed by atoms with Crippen molar-refractivity contribution in [2.75, 3.05) is 24.2 Å². The molecule has 4 heterocycles. The standard InChI is InChI=1S/C24H27FN6O2S2/c1-4-16-12-26-22(27-13-16)30-9-7-17(8-10-30)15(2)33-24-29-31-14-21(28-23(31)34-24)19-6-5-18(35(3)32)11-20(19)25/h5-6,11-15,17H,4,7-10H2,1-3H3/t15-,35?/m0/s1. The van der Waals surface area contributed by atoms with Gasteiger partial charge < -0.3 is 9.64 Å². The maximum absolute atomic E-state index is 14.5. The van der Waals surface area contributed by atoms with Gasteiger partial charge in [-0.2, -0.15) is 0 Å². The molecule has 0 N–H and O–H groups in total. The molecule has 4 aromatic rings. The molecule has 0 bridgehead atoms. The SMILES string of the molecule is CCc1cnc(N2CCC([C@H](C)Oc3nn4cc(-c5ccc(S(C)=O)cc5F)nc4s3)CC2)nc1. The van der Waals surface area contributed by atoms with Crippen LogP contribution in [0.4, 0.5) is 10.3 Å². The Hall–Kier alpha value is -2.92. The van der Waals surface area contributed by atoms with E-state index in [0.29, 0.717) is 32.2 Å². The van der Waals surface area contributed by atoms with E-state index < -0.39 is 16.6 Å². The smallest absolute Gasteiger partial charge is 0.294 e. The van der Waals surface area contributed by atoms with Crippen molar-refractivity contribution in [3.05, 3.63) is 48.2 Å². The summed E-state index contributed by atoms with van der Waals surface area (Å²) in [5, 5.41) is 5.04. The van der Waals surface area contributed by atoms with Crippen molar-refractivity contribution in [2.24, 2.45) is 5.92 Å². The second-order valence-electron chi connectivity index (χ2n) is 8.71. The van der Waals surface area contributed by atoms with Crippen molar-refractivity contribution in [2.45, 2.75) is 44.1 Å². The van der Waals surface area contributed by atoms with Gasteiger partial charge in [0.2, 0.25) is 10.9 Å². The summed E-state index contributed by atoms with van der Waals surface area (Å²) in [5.41, 5.74) is 1.98. The van der Waals surface area contributed by atoms with Gasteiger partial charge in [0.05, 0.1) is 11.9 Å². The lowest BCUT2D eigenvalue weighted by atomic mass is 9.92. The van der Waals surface area contributed by atoms with E-state index in [0.717, 1.165) is 43.9 Å². The summed E-state index contributed by atoms with van der Waals surface area (Å²) in [6, 6.07) is 4.55. The molecule has 2 atom stereocenters. The topological polar surface area (TPSA) is 85.5 Å². The van der Waals surface area contributed by atoms with Crippen LogP contribution < -0.4 is 9.64 Å². The first-order valence-corrected chi connectivity index (χ1v) is 14.0. The molecular weight excluding hydrogens is 487 g/mol. The van der Waals surface area contributed by atoms with Gasteiger partial charge in [-0.15, -0.1) is 5.10 Å². The molecule has 184 valence electrons. The Morgan fingerprint density at radius 2 is 2.00 bits per heavy atom. The molecule has 1 aliphatic heterocycles. The number of hydrogen-bond acceptors (Lipinski definition) is 8. The van der Waals surface area contributed by atoms with Crippen LogP contribution in [-0.4, -0.2) is 54.2 Å². The van der Waals surface area contributed by atoms with Crippen molar-refractivity contribution in [3.63, 3.8) is 0 Å². The fraction of sp³-hybridized carbons (Fsp3) is 0.417. The molecule has 1 fully saturated rings. The summed E-state index contributed by atoms with van der Waals surface area (Å²) in [6.07, 6.45) is 9.95. The molecule has 5 rings (SSSR count). The molecule has 1 aromatic carbocycles. The lowest BCUT2D eigenvalue weighted by Crippen LogP contribution is -2.39. The lowest BCUT2D eigenvalue weighted by Gasteiger charge is -2.34. The molecule has 8 nitrogen and oxygen atoms in total. The molecule has 1 unspecified atom stereocenters. The number of aromatic nitrogens is 5. The molecule has 0 aliphatic carbocycles. The van der Waals surface area contributed by atoms with E-state index in [2.05, 4.69) is 38.8 Å². The largest absolute Gasteiger partial charge is 0.466 e. The van der Waals surface area contributed by atoms with E-state index in [1.807, 2.05) is 12.4 Å². The van der Waals surface area contributed by atoms with Crippen LogP contribution in [0.3, 0.4) is 0 Å². The van der Waals surface area contributed by atoms with Gasteiger partial charge in [-0.1, -0.05) is 6.92 Å². The summed E-state index contributed by atoms with van der Waals surface area (Å²) in [6.45, 7) is 5.96. The highest BCUT2D eigenvalue weighted by molar-refractivity contribution is 7.84. The van der Waals surface area contributed by atoms with Crippen molar-refractivity contribution in [1.29, 1.82) is 0 Å². The molecular formula is C24H27FN6O2S2. The highest BCUT2D eigenvalue weighted by Gasteiger charge is 2.27. The van der Waals surface area contributed by atoms with Gasteiger partial charge in [0.1, 0.15) is 11.9 Å². The van der Waals surface area contributed by atoms with E-state index in [-0.39, 0.29) is 6.10 Å². The highest BCUT2D eigenvalue weighted by atomic mass is 32.2. The minimum absolute atomic E-state index is 0.00997. The summed E-state index contributed by atoms with van der Waals surface area (Å²) in [4.78, 5) is 16.8. The third-order valence-corrected chi connectivity index (χ3v) is 8.18. The van der Waals surface area contributed by atoms with Crippen LogP contribution in [0.2, 0.25) is 0 Å². The number of nitrogens with zero attached hydrogens (tertiary/aromatic N) is 6. The lowest BCUT2D eigenvalue weighted by molar-refractivity contribution is 0.131. The summed E-state index contributed by atoms with van der Waals surface area (Å²) in [7, 11) is -1.24. The molecule has 0 amide bonds. The monoisotopic (exact) mass is 514 g/mol. The van der Waals surface area contributed by atoms with Crippen LogP contribution in [0.15, 0.2) is 41.7 Å². The number of fused-ring (bicyclic) bond motifs is 1. The number of rotatable bonds is 7. The summed E-state index contributed by atoms with van der Waals surface area (Å²) >= 11 is 1.34. The normalized spacial score (nSPS) is 16.5. The molecule has 0 saturated carbocycles. The molecule has 3 aromatic heterocycles. The van der Waals surface area contributed by atoms with Crippen molar-refractivity contribution >= 4 is 33.0 Å². The number of hydrogen-bond donors (Lipinski definition) is 0. The first-order valence-electron chi connectivity index (χ1n) is 11.6. The van der Waals surface area contributed by atoms with Gasteiger partial charge >= 0.3 is 0 Å². The zero-order valence-corrected chi connectivity index (χ0v) is 21.5. The van der Waals surface area contributed by atoms with Gasteiger partial charge in [-0.25, -0.2) is 23.9 Å². The van der Waals surface area contributed by atoms with Crippen molar-refractivity contribution < 1.29 is 13.3 Å². The van der Waals surface area contributed by atoms with Gasteiger partial charge in [0.25, 0.3) is 5.19 Å². The second-order valence-corrected chi connectivity index (χ2v) is 11.0. The van der Waals surface area contributed by atoms with Crippen LogP contribution in [0.5, 0.6) is 5.19 Å². The fourth-order valence-electron chi connectivity index (χ4n) is 4.26. The van der Waals surface area contributed by atoms with Crippen molar-refractivity contribution in [1.82, 2.24) is 24.6 Å². The maximum atomic E-state index is 14.5. The summed E-state index contributed by atoms with van der Waals surface area (Å²) < 4.78 is 33.9. The maximum Gasteiger partial charge on any atom is 0.294 e. The Morgan fingerprint density at radius 3 is 2.63 bits per heavy atom. The van der Waals surface area contributed by atoms with Gasteiger partial charge in [0, 0.05) is 53.0 Å². The quantitative estimate of drug-likeness (QED) is 0.362. The zero-order chi connectivity index (χ0) is 24.5. The minimum atomic E-state index is -1.24. The van der Waals surface area contributed by atoms with Gasteiger partial charge in [0.15, 0.2) is 0 Å². The number of ether oxygens (including phenoxy) is 1. The van der Waals surface area contributed by atoms with E-state index >= 15 is 0 Å². The van der Waals surface area contributed by atoms with Crippen LogP contribution >= 0.6 is 11.3 Å². The number of piperidine rings is 1. The first-order chi connectivity index (χ1) is 16.9. The Balaban J connectivity index is 1.21. The Bertz CT molecular complexity index is 1320. The van der Waals surface area contributed by atoms with Crippen LogP contribution in [0.1, 0.15) is 32.3 Å². The molecule has 1 aliphatic rings. The van der Waals surface area contributed by atoms with Gasteiger partial charge in [-0.3, -0.25) is 4.21 Å². The summed E-state index contributed by atoms with van der Waals surface area (Å²) in [5.74, 6) is 0.747. The average Bonchev–Trinajstić information content (AvgIpc) is 3.42. The van der Waals surface area contributed by atoms with E-state index in [1.54, 1.807) is 22.8 Å². The number of halogens is 1. The third kappa shape index (κ3) is 5.06. The average molecular weight is 515 g/mol. The van der Waals surface area contributed by atoms with Crippen LogP contribution in [0, 0.1) is 11.7 Å². The number of benzene rings is 1. The molecule has 1 saturated heterocycles. The highest BCUT2D eigenvalue weighted by Crippen LogP contribution is 2.31. The van der Waals surface area contributed by atoms with Crippen LogP contribution in [0.25, 0.3) is 16.2 Å². The van der Waals surface area contributed by atoms with Crippen LogP contribution in [-0.2, 0) is 17.2 Å². The number of aryl methyl sites for hydroxylation is 1. The molecule has 11 heteroatoms. The predicted molar refractivity (Wildman–Crippen MR) is 135 cm³/mol. The third-order valence-electron chi connectivity index (χ3n) is 6.45. The second kappa shape index (κ2) is 9.98. The van der Waals surface area contributed by atoms with Crippen molar-refractivity contribution in [3.8, 4) is 16.5 Å². The zero-order valence-electron chi connectivity index (χ0n) is 19.8. The Morgan fingerprint density at radius 1 is 1.26 bits per heavy atom. The molecule has 0 radical (unpaired) electrons.